The van der Waals surface area contributed by atoms with Crippen LogP contribution in [0.4, 0.5) is 5.69 Å². The van der Waals surface area contributed by atoms with Gasteiger partial charge < -0.3 is 20.2 Å². The van der Waals surface area contributed by atoms with Crippen LogP contribution >= 0.6 is 0 Å². The van der Waals surface area contributed by atoms with E-state index in [0.29, 0.717) is 19.6 Å². The Kier molecular flexibility index (Phi) is 4.45. The van der Waals surface area contributed by atoms with Crippen LogP contribution in [0.5, 0.6) is 0 Å². The van der Waals surface area contributed by atoms with Gasteiger partial charge in [0.1, 0.15) is 6.10 Å². The number of aliphatic hydroxyl groups is 3. The number of hydrogen-bond acceptors (Lipinski definition) is 5. The Morgan fingerprint density at radius 3 is 2.05 bits per heavy atom. The molecule has 2 heterocycles. The molecule has 0 saturated carbocycles. The summed E-state index contributed by atoms with van der Waals surface area (Å²) in [5.74, 6) is 0. The standard InChI is InChI=1S/C16H24N2O3/c19-14-10-17(11-15(20)16(14)21)9-12-3-5-13(6-4-12)18-7-1-2-8-18/h3-6,14-16,19-21H,1-2,7-11H2/t14-,15+,16?. The third-order valence-electron chi connectivity index (χ3n) is 4.49. The average molecular weight is 292 g/mol. The molecule has 116 valence electrons. The van der Waals surface area contributed by atoms with Gasteiger partial charge in [0, 0.05) is 38.4 Å². The van der Waals surface area contributed by atoms with Crippen molar-refractivity contribution in [3.05, 3.63) is 29.8 Å². The van der Waals surface area contributed by atoms with Crippen molar-refractivity contribution >= 4 is 5.69 Å². The van der Waals surface area contributed by atoms with E-state index >= 15 is 0 Å². The molecule has 0 aromatic heterocycles. The van der Waals surface area contributed by atoms with Gasteiger partial charge in [0.05, 0.1) is 12.2 Å². The summed E-state index contributed by atoms with van der Waals surface area (Å²) in [7, 11) is 0. The van der Waals surface area contributed by atoms with Gasteiger partial charge in [-0.3, -0.25) is 4.90 Å². The molecule has 0 amide bonds. The molecule has 3 atom stereocenters. The first-order valence-electron chi connectivity index (χ1n) is 7.74. The number of nitrogens with zero attached hydrogens (tertiary/aromatic N) is 2. The van der Waals surface area contributed by atoms with E-state index in [0.717, 1.165) is 18.7 Å². The molecule has 0 aliphatic carbocycles. The molecule has 21 heavy (non-hydrogen) atoms. The quantitative estimate of drug-likeness (QED) is 0.742. The van der Waals surface area contributed by atoms with Crippen LogP contribution in [0.15, 0.2) is 24.3 Å². The van der Waals surface area contributed by atoms with Crippen molar-refractivity contribution in [3.8, 4) is 0 Å². The number of piperidine rings is 1. The Morgan fingerprint density at radius 2 is 1.48 bits per heavy atom. The second-order valence-electron chi connectivity index (χ2n) is 6.18. The highest BCUT2D eigenvalue weighted by atomic mass is 16.4. The van der Waals surface area contributed by atoms with Crippen LogP contribution in [-0.2, 0) is 6.54 Å². The summed E-state index contributed by atoms with van der Waals surface area (Å²) in [6.45, 7) is 3.75. The highest BCUT2D eigenvalue weighted by molar-refractivity contribution is 5.48. The summed E-state index contributed by atoms with van der Waals surface area (Å²) in [4.78, 5) is 4.38. The average Bonchev–Trinajstić information content (AvgIpc) is 3.00. The Morgan fingerprint density at radius 1 is 0.905 bits per heavy atom. The zero-order valence-corrected chi connectivity index (χ0v) is 12.2. The van der Waals surface area contributed by atoms with Crippen LogP contribution in [-0.4, -0.2) is 64.7 Å². The molecule has 1 aromatic carbocycles. The lowest BCUT2D eigenvalue weighted by Gasteiger charge is -2.36. The minimum Gasteiger partial charge on any atom is -0.389 e. The maximum Gasteiger partial charge on any atom is 0.108 e. The molecule has 5 heteroatoms. The fourth-order valence-corrected chi connectivity index (χ4v) is 3.25. The van der Waals surface area contributed by atoms with Gasteiger partial charge in [-0.2, -0.15) is 0 Å². The van der Waals surface area contributed by atoms with Crippen LogP contribution in [0.1, 0.15) is 18.4 Å². The van der Waals surface area contributed by atoms with Gasteiger partial charge in [-0.05, 0) is 30.5 Å². The summed E-state index contributed by atoms with van der Waals surface area (Å²) >= 11 is 0. The lowest BCUT2D eigenvalue weighted by molar-refractivity contribution is -0.111. The second kappa shape index (κ2) is 6.32. The Hall–Kier alpha value is -1.14. The Labute approximate surface area is 125 Å². The van der Waals surface area contributed by atoms with E-state index in [4.69, 9.17) is 0 Å². The number of β-amino-alcohol motifs (C(OH)–C–C–N with tert-alkyl or cyclic N) is 2. The molecular weight excluding hydrogens is 268 g/mol. The van der Waals surface area contributed by atoms with E-state index in [1.165, 1.54) is 18.5 Å². The maximum absolute atomic E-state index is 9.73. The number of hydrogen-bond donors (Lipinski definition) is 3. The zero-order chi connectivity index (χ0) is 14.8. The molecule has 1 unspecified atom stereocenters. The van der Waals surface area contributed by atoms with Crippen LogP contribution in [0.25, 0.3) is 0 Å². The normalized spacial score (nSPS) is 30.8. The lowest BCUT2D eigenvalue weighted by Crippen LogP contribution is -2.54. The number of benzene rings is 1. The van der Waals surface area contributed by atoms with Gasteiger partial charge in [-0.15, -0.1) is 0 Å². The Balaban J connectivity index is 1.60. The molecule has 5 nitrogen and oxygen atoms in total. The molecule has 0 bridgehead atoms. The van der Waals surface area contributed by atoms with E-state index in [1.807, 2.05) is 4.90 Å². The second-order valence-corrected chi connectivity index (χ2v) is 6.18. The van der Waals surface area contributed by atoms with Crippen molar-refractivity contribution in [1.29, 1.82) is 0 Å². The molecule has 3 rings (SSSR count). The van der Waals surface area contributed by atoms with Crippen molar-refractivity contribution in [2.45, 2.75) is 37.7 Å². The summed E-state index contributed by atoms with van der Waals surface area (Å²) in [5, 5.41) is 29.0. The first-order chi connectivity index (χ1) is 10.1. The van der Waals surface area contributed by atoms with E-state index in [9.17, 15) is 15.3 Å². The van der Waals surface area contributed by atoms with Crippen molar-refractivity contribution in [2.24, 2.45) is 0 Å². The van der Waals surface area contributed by atoms with Crippen LogP contribution < -0.4 is 4.90 Å². The van der Waals surface area contributed by atoms with Gasteiger partial charge in [0.25, 0.3) is 0 Å². The van der Waals surface area contributed by atoms with E-state index in [1.54, 1.807) is 0 Å². The Bertz CT molecular complexity index is 447. The van der Waals surface area contributed by atoms with Gasteiger partial charge >= 0.3 is 0 Å². The molecule has 2 saturated heterocycles. The van der Waals surface area contributed by atoms with Crippen molar-refractivity contribution in [1.82, 2.24) is 4.90 Å². The molecule has 2 fully saturated rings. The SMILES string of the molecule is OC1[C@H](O)CN(Cc2ccc(N3CCCC3)cc2)C[C@@H]1O. The van der Waals surface area contributed by atoms with Crippen molar-refractivity contribution < 1.29 is 15.3 Å². The third-order valence-corrected chi connectivity index (χ3v) is 4.49. The summed E-state index contributed by atoms with van der Waals surface area (Å²) < 4.78 is 0. The van der Waals surface area contributed by atoms with E-state index in [2.05, 4.69) is 29.2 Å². The molecule has 1 aromatic rings. The molecule has 2 aliphatic heterocycles. The molecule has 0 spiro atoms. The monoisotopic (exact) mass is 292 g/mol. The van der Waals surface area contributed by atoms with Crippen molar-refractivity contribution in [2.75, 3.05) is 31.1 Å². The molecule has 0 radical (unpaired) electrons. The topological polar surface area (TPSA) is 67.2 Å². The first-order valence-corrected chi connectivity index (χ1v) is 7.74. The number of aliphatic hydroxyl groups excluding tert-OH is 3. The van der Waals surface area contributed by atoms with Crippen LogP contribution in [0, 0.1) is 0 Å². The highest BCUT2D eigenvalue weighted by Gasteiger charge is 2.33. The van der Waals surface area contributed by atoms with Crippen molar-refractivity contribution in [3.63, 3.8) is 0 Å². The number of likely N-dealkylation sites (tertiary alicyclic amines) is 1. The van der Waals surface area contributed by atoms with Crippen LogP contribution in [0.2, 0.25) is 0 Å². The number of rotatable bonds is 3. The van der Waals surface area contributed by atoms with Gasteiger partial charge in [-0.1, -0.05) is 12.1 Å². The minimum atomic E-state index is -1.03. The molecule has 3 N–H and O–H groups in total. The number of anilines is 1. The summed E-state index contributed by atoms with van der Waals surface area (Å²) in [5.41, 5.74) is 2.43. The summed E-state index contributed by atoms with van der Waals surface area (Å²) in [6, 6.07) is 8.51. The predicted molar refractivity (Wildman–Crippen MR) is 81.2 cm³/mol. The zero-order valence-electron chi connectivity index (χ0n) is 12.2. The van der Waals surface area contributed by atoms with Gasteiger partial charge in [0.2, 0.25) is 0 Å². The first kappa shape index (κ1) is 14.8. The third kappa shape index (κ3) is 3.37. The molecular formula is C16H24N2O3. The summed E-state index contributed by atoms with van der Waals surface area (Å²) in [6.07, 6.45) is -0.240. The fraction of sp³-hybridized carbons (Fsp3) is 0.625. The smallest absolute Gasteiger partial charge is 0.108 e. The van der Waals surface area contributed by atoms with Gasteiger partial charge in [0.15, 0.2) is 0 Å². The van der Waals surface area contributed by atoms with Gasteiger partial charge in [-0.25, -0.2) is 0 Å². The lowest BCUT2D eigenvalue weighted by atomic mass is 10.0. The highest BCUT2D eigenvalue weighted by Crippen LogP contribution is 2.21. The maximum atomic E-state index is 9.73. The molecule has 2 aliphatic rings. The predicted octanol–water partition coefficient (Wildman–Crippen LogP) is 0.185. The van der Waals surface area contributed by atoms with E-state index < -0.39 is 18.3 Å². The fourth-order valence-electron chi connectivity index (χ4n) is 3.25. The largest absolute Gasteiger partial charge is 0.389 e. The minimum absolute atomic E-state index is 0.395. The van der Waals surface area contributed by atoms with Crippen LogP contribution in [0.3, 0.4) is 0 Å². The van der Waals surface area contributed by atoms with E-state index in [-0.39, 0.29) is 0 Å².